The topological polar surface area (TPSA) is 50.2 Å². The molecule has 0 saturated carbocycles. The predicted molar refractivity (Wildman–Crippen MR) is 60.7 cm³/mol. The number of alkyl halides is 2. The number of phenols is 1. The van der Waals surface area contributed by atoms with Gasteiger partial charge in [-0.1, -0.05) is 6.07 Å². The molecule has 0 atom stereocenters. The van der Waals surface area contributed by atoms with Crippen LogP contribution in [0.2, 0.25) is 0 Å². The van der Waals surface area contributed by atoms with Crippen LogP contribution in [0.15, 0.2) is 42.6 Å². The molecule has 0 aliphatic carbocycles. The van der Waals surface area contributed by atoms with E-state index in [0.717, 1.165) is 18.2 Å². The molecule has 1 heterocycles. The minimum absolute atomic E-state index is 0.0102. The standard InChI is InChI=1S/C13H9F2NO2/c14-13(15)9-5-8(6-10(17)7-9)12(18)11-3-1-2-4-16-11/h1-7,13,17H. The summed E-state index contributed by atoms with van der Waals surface area (Å²) in [4.78, 5) is 15.8. The van der Waals surface area contributed by atoms with E-state index in [9.17, 15) is 18.7 Å². The molecule has 1 aromatic heterocycles. The molecule has 0 fully saturated rings. The summed E-state index contributed by atoms with van der Waals surface area (Å²) in [7, 11) is 0. The summed E-state index contributed by atoms with van der Waals surface area (Å²) in [6, 6.07) is 7.87. The zero-order valence-electron chi connectivity index (χ0n) is 9.18. The minimum atomic E-state index is -2.74. The molecular weight excluding hydrogens is 240 g/mol. The molecule has 0 aliphatic rings. The SMILES string of the molecule is O=C(c1cc(O)cc(C(F)F)c1)c1ccccn1. The Hall–Kier alpha value is -2.30. The van der Waals surface area contributed by atoms with Gasteiger partial charge in [-0.2, -0.15) is 0 Å². The lowest BCUT2D eigenvalue weighted by atomic mass is 10.0. The Kier molecular flexibility index (Phi) is 3.32. The average Bonchev–Trinajstić information content (AvgIpc) is 2.38. The third kappa shape index (κ3) is 2.51. The lowest BCUT2D eigenvalue weighted by Gasteiger charge is -2.05. The lowest BCUT2D eigenvalue weighted by molar-refractivity contribution is 0.103. The van der Waals surface area contributed by atoms with Gasteiger partial charge in [0.05, 0.1) is 0 Å². The number of rotatable bonds is 3. The van der Waals surface area contributed by atoms with E-state index in [4.69, 9.17) is 0 Å². The molecule has 92 valence electrons. The lowest BCUT2D eigenvalue weighted by Crippen LogP contribution is -2.04. The Morgan fingerprint density at radius 2 is 2.00 bits per heavy atom. The van der Waals surface area contributed by atoms with Gasteiger partial charge in [0, 0.05) is 17.3 Å². The largest absolute Gasteiger partial charge is 0.508 e. The second kappa shape index (κ2) is 4.91. The molecule has 0 saturated heterocycles. The first-order valence-corrected chi connectivity index (χ1v) is 5.16. The highest BCUT2D eigenvalue weighted by Gasteiger charge is 2.15. The van der Waals surface area contributed by atoms with Crippen LogP contribution in [-0.4, -0.2) is 15.9 Å². The summed E-state index contributed by atoms with van der Waals surface area (Å²) in [5.41, 5.74) is -0.262. The molecule has 2 aromatic rings. The molecule has 1 N–H and O–H groups in total. The van der Waals surface area contributed by atoms with Crippen molar-refractivity contribution in [1.82, 2.24) is 4.98 Å². The van der Waals surface area contributed by atoms with Crippen molar-refractivity contribution < 1.29 is 18.7 Å². The molecule has 2 rings (SSSR count). The van der Waals surface area contributed by atoms with E-state index >= 15 is 0 Å². The number of nitrogens with zero attached hydrogens (tertiary/aromatic N) is 1. The van der Waals surface area contributed by atoms with Crippen LogP contribution in [0.5, 0.6) is 5.75 Å². The number of phenolic OH excluding ortho intramolecular Hbond substituents is 1. The van der Waals surface area contributed by atoms with Gasteiger partial charge in [0.15, 0.2) is 0 Å². The molecule has 0 unspecified atom stereocenters. The van der Waals surface area contributed by atoms with Gasteiger partial charge in [0.25, 0.3) is 6.43 Å². The zero-order chi connectivity index (χ0) is 13.1. The van der Waals surface area contributed by atoms with E-state index in [1.807, 2.05) is 0 Å². The van der Waals surface area contributed by atoms with Crippen LogP contribution in [0.25, 0.3) is 0 Å². The maximum atomic E-state index is 12.6. The zero-order valence-corrected chi connectivity index (χ0v) is 9.18. The molecule has 5 heteroatoms. The monoisotopic (exact) mass is 249 g/mol. The summed E-state index contributed by atoms with van der Waals surface area (Å²) in [5.74, 6) is -0.875. The quantitative estimate of drug-likeness (QED) is 0.851. The number of hydrogen-bond donors (Lipinski definition) is 1. The van der Waals surface area contributed by atoms with Crippen LogP contribution in [0, 0.1) is 0 Å². The normalized spacial score (nSPS) is 10.6. The van der Waals surface area contributed by atoms with Gasteiger partial charge in [-0.3, -0.25) is 9.78 Å². The van der Waals surface area contributed by atoms with Crippen molar-refractivity contribution in [3.05, 3.63) is 59.4 Å². The Morgan fingerprint density at radius 1 is 1.22 bits per heavy atom. The number of aromatic hydroxyl groups is 1. The first-order chi connectivity index (χ1) is 8.58. The summed E-state index contributed by atoms with van der Waals surface area (Å²) in [6.45, 7) is 0. The Labute approximate surface area is 102 Å². The summed E-state index contributed by atoms with van der Waals surface area (Å²) in [6.07, 6.45) is -1.31. The highest BCUT2D eigenvalue weighted by molar-refractivity contribution is 6.08. The van der Waals surface area contributed by atoms with Gasteiger partial charge < -0.3 is 5.11 Å². The number of halogens is 2. The maximum Gasteiger partial charge on any atom is 0.264 e. The molecule has 0 bridgehead atoms. The molecule has 0 spiro atoms. The molecule has 18 heavy (non-hydrogen) atoms. The second-order valence-corrected chi connectivity index (χ2v) is 3.66. The van der Waals surface area contributed by atoms with Crippen molar-refractivity contribution in [2.24, 2.45) is 0 Å². The van der Waals surface area contributed by atoms with E-state index in [1.165, 1.54) is 12.3 Å². The minimum Gasteiger partial charge on any atom is -0.508 e. The average molecular weight is 249 g/mol. The van der Waals surface area contributed by atoms with Gasteiger partial charge in [-0.05, 0) is 30.3 Å². The van der Waals surface area contributed by atoms with Gasteiger partial charge in [0.2, 0.25) is 5.78 Å². The van der Waals surface area contributed by atoms with Crippen LogP contribution >= 0.6 is 0 Å². The van der Waals surface area contributed by atoms with Gasteiger partial charge in [-0.25, -0.2) is 8.78 Å². The number of pyridine rings is 1. The van der Waals surface area contributed by atoms with Crippen molar-refractivity contribution in [1.29, 1.82) is 0 Å². The summed E-state index contributed by atoms with van der Waals surface area (Å²) in [5, 5.41) is 9.33. The van der Waals surface area contributed by atoms with Gasteiger partial charge in [-0.15, -0.1) is 0 Å². The van der Waals surface area contributed by atoms with Crippen molar-refractivity contribution in [3.63, 3.8) is 0 Å². The van der Waals surface area contributed by atoms with Gasteiger partial charge in [0.1, 0.15) is 11.4 Å². The molecule has 0 radical (unpaired) electrons. The molecular formula is C13H9F2NO2. The van der Waals surface area contributed by atoms with E-state index < -0.39 is 17.8 Å². The van der Waals surface area contributed by atoms with Crippen molar-refractivity contribution in [2.45, 2.75) is 6.43 Å². The highest BCUT2D eigenvalue weighted by atomic mass is 19.3. The fraction of sp³-hybridized carbons (Fsp3) is 0.0769. The number of aromatic nitrogens is 1. The number of carbonyl (C=O) groups is 1. The number of ketones is 1. The highest BCUT2D eigenvalue weighted by Crippen LogP contribution is 2.25. The maximum absolute atomic E-state index is 12.6. The first-order valence-electron chi connectivity index (χ1n) is 5.16. The number of hydrogen-bond acceptors (Lipinski definition) is 3. The van der Waals surface area contributed by atoms with Crippen molar-refractivity contribution in [2.75, 3.05) is 0 Å². The Bertz CT molecular complexity index is 570. The van der Waals surface area contributed by atoms with E-state index in [-0.39, 0.29) is 17.0 Å². The summed E-state index contributed by atoms with van der Waals surface area (Å²) >= 11 is 0. The van der Waals surface area contributed by atoms with Crippen LogP contribution in [-0.2, 0) is 0 Å². The fourth-order valence-corrected chi connectivity index (χ4v) is 1.54. The predicted octanol–water partition coefficient (Wildman–Crippen LogP) is 2.96. The number of benzene rings is 1. The molecule has 1 aromatic carbocycles. The smallest absolute Gasteiger partial charge is 0.264 e. The van der Waals surface area contributed by atoms with E-state index in [2.05, 4.69) is 4.98 Å². The van der Waals surface area contributed by atoms with Crippen molar-refractivity contribution in [3.8, 4) is 5.75 Å². The Balaban J connectivity index is 2.42. The molecule has 0 aliphatic heterocycles. The van der Waals surface area contributed by atoms with Crippen LogP contribution in [0.1, 0.15) is 28.0 Å². The fourth-order valence-electron chi connectivity index (χ4n) is 1.54. The first kappa shape index (κ1) is 12.2. The third-order valence-corrected chi connectivity index (χ3v) is 2.35. The Morgan fingerprint density at radius 3 is 2.61 bits per heavy atom. The third-order valence-electron chi connectivity index (χ3n) is 2.35. The van der Waals surface area contributed by atoms with E-state index in [0.29, 0.717) is 0 Å². The second-order valence-electron chi connectivity index (χ2n) is 3.66. The van der Waals surface area contributed by atoms with Crippen molar-refractivity contribution >= 4 is 5.78 Å². The van der Waals surface area contributed by atoms with Gasteiger partial charge >= 0.3 is 0 Å². The van der Waals surface area contributed by atoms with Crippen LogP contribution in [0.3, 0.4) is 0 Å². The number of carbonyl (C=O) groups excluding carboxylic acids is 1. The van der Waals surface area contributed by atoms with E-state index in [1.54, 1.807) is 12.1 Å². The summed E-state index contributed by atoms with van der Waals surface area (Å²) < 4.78 is 25.1. The molecule has 0 amide bonds. The molecule has 3 nitrogen and oxygen atoms in total. The van der Waals surface area contributed by atoms with Crippen LogP contribution < -0.4 is 0 Å². The van der Waals surface area contributed by atoms with Crippen LogP contribution in [0.4, 0.5) is 8.78 Å².